The minimum atomic E-state index is -0.264. The Kier molecular flexibility index (Phi) is 61.3. The van der Waals surface area contributed by atoms with E-state index in [0.29, 0.717) is 63.1 Å². The van der Waals surface area contributed by atoms with Gasteiger partial charge in [-0.1, -0.05) is 160 Å². The third-order valence-corrected chi connectivity index (χ3v) is 22.4. The lowest BCUT2D eigenvalue weighted by Crippen LogP contribution is -2.43. The van der Waals surface area contributed by atoms with E-state index in [4.69, 9.17) is 135 Å². The van der Waals surface area contributed by atoms with Gasteiger partial charge < -0.3 is 115 Å². The summed E-state index contributed by atoms with van der Waals surface area (Å²) in [6.45, 7) is 25.4. The van der Waals surface area contributed by atoms with E-state index in [0.717, 1.165) is 129 Å². The number of aliphatic imine (C=N–C) groups is 9. The van der Waals surface area contributed by atoms with Crippen molar-refractivity contribution in [3.8, 4) is 0 Å². The van der Waals surface area contributed by atoms with Crippen molar-refractivity contribution in [1.82, 2.24) is 61.3 Å². The van der Waals surface area contributed by atoms with Crippen LogP contribution in [0.2, 0.25) is 0 Å². The first-order chi connectivity index (χ1) is 67.7. The molecule has 9 aliphatic carbocycles. The number of allylic oxidation sites excluding steroid dienone is 25. The highest BCUT2D eigenvalue weighted by Crippen LogP contribution is 2.29. The maximum atomic E-state index is 7.54. The van der Waals surface area contributed by atoms with E-state index in [1.54, 1.807) is 71.7 Å². The van der Waals surface area contributed by atoms with Crippen molar-refractivity contribution in [3.63, 3.8) is 0 Å². The van der Waals surface area contributed by atoms with Crippen LogP contribution in [0.15, 0.2) is 243 Å². The molecular formula is C99H173N45. The van der Waals surface area contributed by atoms with Gasteiger partial charge in [0.2, 0.25) is 17.9 Å². The van der Waals surface area contributed by atoms with Crippen molar-refractivity contribution in [1.29, 1.82) is 48.7 Å². The number of hydrogen-bond donors (Lipinski definition) is 30. The van der Waals surface area contributed by atoms with E-state index in [2.05, 4.69) is 242 Å². The van der Waals surface area contributed by atoms with Crippen LogP contribution in [0.25, 0.3) is 0 Å². The molecule has 9 rings (SSSR count). The Morgan fingerprint density at radius 1 is 0.319 bits per heavy atom. The van der Waals surface area contributed by atoms with Gasteiger partial charge in [-0.15, -0.1) is 0 Å². The Morgan fingerprint density at radius 3 is 0.861 bits per heavy atom. The van der Waals surface area contributed by atoms with Crippen LogP contribution < -0.4 is 118 Å². The minimum Gasteiger partial charge on any atom is -0.370 e. The zero-order chi connectivity index (χ0) is 109. The average molecular weight is 1990 g/mol. The molecule has 45 heteroatoms. The molecule has 1 atom stereocenters. The molecule has 0 aliphatic heterocycles. The van der Waals surface area contributed by atoms with Gasteiger partial charge in [0.25, 0.3) is 0 Å². The number of guanidine groups is 18. The van der Waals surface area contributed by atoms with E-state index in [9.17, 15) is 0 Å². The molecule has 0 fully saturated rings. The first kappa shape index (κ1) is 126. The van der Waals surface area contributed by atoms with Crippen LogP contribution in [-0.4, -0.2) is 259 Å². The molecule has 9 aliphatic rings. The molecule has 0 aromatic rings. The van der Waals surface area contributed by atoms with Gasteiger partial charge in [-0.3, -0.25) is 111 Å². The second kappa shape index (κ2) is 70.0. The second-order valence-corrected chi connectivity index (χ2v) is 35.5. The van der Waals surface area contributed by atoms with E-state index >= 15 is 0 Å². The van der Waals surface area contributed by atoms with Gasteiger partial charge in [-0.2, -0.15) is 15.0 Å². The van der Waals surface area contributed by atoms with Crippen LogP contribution >= 0.6 is 0 Å². The largest absolute Gasteiger partial charge is 0.370 e. The van der Waals surface area contributed by atoms with Crippen LogP contribution in [-0.2, 0) is 0 Å². The van der Waals surface area contributed by atoms with Gasteiger partial charge in [0.15, 0.2) is 89.4 Å². The van der Waals surface area contributed by atoms with Crippen LogP contribution in [0.4, 0.5) is 0 Å². The lowest BCUT2D eigenvalue weighted by molar-refractivity contribution is 0.503. The molecular weight excluding hydrogens is 1820 g/mol. The Labute approximate surface area is 854 Å². The molecule has 0 saturated carbocycles. The van der Waals surface area contributed by atoms with Crippen molar-refractivity contribution in [2.75, 3.05) is 122 Å². The monoisotopic (exact) mass is 1990 g/mol. The van der Waals surface area contributed by atoms with Crippen molar-refractivity contribution in [3.05, 3.63) is 198 Å². The predicted molar refractivity (Wildman–Crippen MR) is 606 cm³/mol. The van der Waals surface area contributed by atoms with Crippen LogP contribution in [0.5, 0.6) is 0 Å². The molecule has 0 radical (unpaired) electrons. The summed E-state index contributed by atoms with van der Waals surface area (Å²) in [4.78, 5) is 46.1. The summed E-state index contributed by atoms with van der Waals surface area (Å²) in [7, 11) is 16.2. The summed E-state index contributed by atoms with van der Waals surface area (Å²) in [6.07, 6.45) is 56.2. The molecule has 1 unspecified atom stereocenters. The standard InChI is InChI=1S/3C12H21N5.3C11H19N5.C10H17N5.C10H19N5.C10H17N5/c1-9-4-5-10(8-9)6-7-15-11(13)16-12(14)17(2)3;2*1-9-5-4-6-10(9)7-8-15-11(13)16-12(14)17(2)3;1-8-3-4-9(7-8)5-6-16(2)11(14)15-10(12)13;2*1-8-4-3-5-9(8)6-7-16(2)11(14)15-10(12)13;1-7-2-3-8(6-7)4-5-14-10(13)15-9(11)12;2*1-7-3-2-4-8(7)5-6-14-10(13)15-9(11)12/h5,8H,4,6-7H2,1-3H3,(H4,13,14,15,16);5-6H,4,7-8H2,1-3H3,(H4,13,14,15,16);4,6H,5,7-8H2,1-3H3,(H4,13,14,15,16);4,7H,3,5-6H2,1-2H3,(H5,12,13,14,15);4-5H,3,6-7H2,1-2H3,(H5,12,13,14,15);3,5H,4,6-7H2,1-2H3,(H5,12,13,14,15);3,6H,2,4-5H2,1H3,(H6,11,12,13,14,15);4,7H,2-3,5-6H2,1H3,(H6,11,12,13,14,15);2,4H,3,5-6H2,1H3,(H6,11,12,13,14,15). The topological polar surface area (TPSA) is 808 Å². The molecule has 144 heavy (non-hydrogen) atoms. The summed E-state index contributed by atoms with van der Waals surface area (Å²) in [5.41, 5.74) is 104. The number of hydrogen-bond acceptors (Lipinski definition) is 15. The number of nitrogens with one attached hydrogen (secondary N) is 15. The van der Waals surface area contributed by atoms with Crippen LogP contribution in [0.3, 0.4) is 0 Å². The Bertz CT molecular complexity index is 5200. The molecule has 0 aromatic carbocycles. The molecule has 0 spiro atoms. The molecule has 0 bridgehead atoms. The molecule has 0 aromatic heterocycles. The third kappa shape index (κ3) is 59.6. The van der Waals surface area contributed by atoms with E-state index in [-0.39, 0.29) is 89.4 Å². The highest BCUT2D eigenvalue weighted by molar-refractivity contribution is 5.99. The van der Waals surface area contributed by atoms with Crippen molar-refractivity contribution in [2.24, 2.45) is 137 Å². The predicted octanol–water partition coefficient (Wildman–Crippen LogP) is 6.97. The highest BCUT2D eigenvalue weighted by atomic mass is 15.3. The zero-order valence-electron chi connectivity index (χ0n) is 88.6. The summed E-state index contributed by atoms with van der Waals surface area (Å²) >= 11 is 0. The molecule has 0 saturated heterocycles. The molecule has 0 heterocycles. The summed E-state index contributed by atoms with van der Waals surface area (Å²) in [5, 5.41) is 80.0. The van der Waals surface area contributed by atoms with Gasteiger partial charge >= 0.3 is 0 Å². The van der Waals surface area contributed by atoms with E-state index < -0.39 is 0 Å². The maximum absolute atomic E-state index is 7.54. The van der Waals surface area contributed by atoms with Crippen molar-refractivity contribution in [2.45, 2.75) is 184 Å². The molecule has 45 N–H and O–H groups in total. The van der Waals surface area contributed by atoms with Gasteiger partial charge in [0.05, 0.1) is 0 Å². The highest BCUT2D eigenvalue weighted by Gasteiger charge is 2.17. The number of nitrogens with two attached hydrogens (primary N) is 15. The van der Waals surface area contributed by atoms with Crippen molar-refractivity contribution >= 4 is 107 Å². The fourth-order valence-electron chi connectivity index (χ4n) is 13.7. The normalized spacial score (nSPS) is 16.2. The molecule has 0 amide bonds. The Morgan fingerprint density at radius 2 is 0.597 bits per heavy atom. The van der Waals surface area contributed by atoms with Gasteiger partial charge in [-0.05, 0) is 228 Å². The minimum absolute atomic E-state index is 0.176. The quantitative estimate of drug-likeness (QED) is 0.0224. The Hall–Kier alpha value is -15.8. The fraction of sp³-hybridized carbons (Fsp3) is 0.475. The van der Waals surface area contributed by atoms with Gasteiger partial charge in [0.1, 0.15) is 0 Å². The van der Waals surface area contributed by atoms with Crippen LogP contribution in [0.1, 0.15) is 184 Å². The van der Waals surface area contributed by atoms with E-state index in [1.807, 2.05) is 21.1 Å². The van der Waals surface area contributed by atoms with Crippen molar-refractivity contribution < 1.29 is 0 Å². The van der Waals surface area contributed by atoms with Crippen LogP contribution in [0, 0.1) is 54.6 Å². The Balaban J connectivity index is 0.000000810. The zero-order valence-corrected chi connectivity index (χ0v) is 88.6. The summed E-state index contributed by atoms with van der Waals surface area (Å²) in [5.74, 6) is 2.40. The fourth-order valence-corrected chi connectivity index (χ4v) is 13.7. The number of rotatable bonds is 27. The molecule has 794 valence electrons. The SMILES string of the molecule is CC1=C(CCN(C)C(N)=NC(=N)N)C=CC1.CC1=C(CCN=C(N)NC(=N)N(C)C)C=CC1.CC1=C(CCN=C(N)NC(=N)N)C=CC1.CC1=CC(CCN(C)C(N)=NC(=N)N)=CC1.CC1=CC(CCN=C(N)NC(=N)N(C)C)=CC1.CC1=CC(CCN=C(N)NC(=N)N)=CC1.CC1=CCC=C1CCN(C)C(N)=NC(=N)N.CC1=CCC=C1CCN=C(N)NC(=N)N(C)C.CC1CCC=C1CCN=C(N)NC(=N)N. The lowest BCUT2D eigenvalue weighted by atomic mass is 10.0. The second-order valence-electron chi connectivity index (χ2n) is 35.5. The molecule has 45 nitrogen and oxygen atoms in total. The smallest absolute Gasteiger partial charge is 0.215 e. The van der Waals surface area contributed by atoms with E-state index in [1.165, 1.54) is 108 Å². The van der Waals surface area contributed by atoms with Gasteiger partial charge in [-0.25, -0.2) is 0 Å². The third-order valence-electron chi connectivity index (χ3n) is 22.4. The number of nitrogens with zero attached hydrogens (tertiary/aromatic N) is 15. The first-order valence-electron chi connectivity index (χ1n) is 47.7. The average Bonchev–Trinajstić information content (AvgIpc) is 1.74. The summed E-state index contributed by atoms with van der Waals surface area (Å²) < 4.78 is 0. The van der Waals surface area contributed by atoms with Gasteiger partial charge in [0, 0.05) is 122 Å². The summed E-state index contributed by atoms with van der Waals surface area (Å²) in [6, 6.07) is 0. The lowest BCUT2D eigenvalue weighted by Gasteiger charge is -2.18. The first-order valence-corrected chi connectivity index (χ1v) is 47.7. The maximum Gasteiger partial charge on any atom is 0.215 e.